The molecular weight excluding hydrogens is 234 g/mol. The van der Waals surface area contributed by atoms with Crippen molar-refractivity contribution >= 4 is 17.7 Å². The minimum absolute atomic E-state index is 0.0710. The van der Waals surface area contributed by atoms with E-state index in [2.05, 4.69) is 15.1 Å². The normalized spacial score (nSPS) is 34.7. The predicted octanol–water partition coefficient (Wildman–Crippen LogP) is -0.00200. The quantitative estimate of drug-likeness (QED) is 0.715. The second-order valence-electron chi connectivity index (χ2n) is 5.20. The molecule has 17 heavy (non-hydrogen) atoms. The molecule has 0 aromatic heterocycles. The zero-order chi connectivity index (χ0) is 11.7. The first-order valence-electron chi connectivity index (χ1n) is 6.68. The number of nitrogens with zero attached hydrogens (tertiary/aromatic N) is 2. The lowest BCUT2D eigenvalue weighted by atomic mass is 10.1. The van der Waals surface area contributed by atoms with Crippen LogP contribution in [0.2, 0.25) is 0 Å². The Labute approximate surface area is 107 Å². The molecule has 0 aromatic rings. The number of nitrogens with one attached hydrogen (secondary N) is 1. The molecule has 0 spiro atoms. The van der Waals surface area contributed by atoms with Gasteiger partial charge in [-0.05, 0) is 19.4 Å². The van der Waals surface area contributed by atoms with Gasteiger partial charge >= 0.3 is 0 Å². The zero-order valence-corrected chi connectivity index (χ0v) is 11.0. The molecule has 0 saturated carbocycles. The molecule has 0 radical (unpaired) electrons. The highest BCUT2D eigenvalue weighted by Crippen LogP contribution is 2.22. The number of thioether (sulfide) groups is 1. The van der Waals surface area contributed by atoms with Crippen LogP contribution < -0.4 is 5.32 Å². The zero-order valence-electron chi connectivity index (χ0n) is 10.2. The summed E-state index contributed by atoms with van der Waals surface area (Å²) >= 11 is 1.89. The molecule has 3 aliphatic heterocycles. The van der Waals surface area contributed by atoms with E-state index in [9.17, 15) is 4.79 Å². The standard InChI is InChI=1S/C12H21N3OS/c16-12(11-9-17-7-3-13-11)15-6-5-14-4-1-2-10(14)8-15/h10-11,13H,1-9H2. The number of carbonyl (C=O) groups excluding carboxylic acids is 1. The number of hydrogen-bond acceptors (Lipinski definition) is 4. The topological polar surface area (TPSA) is 35.6 Å². The van der Waals surface area contributed by atoms with Crippen molar-refractivity contribution in [3.05, 3.63) is 0 Å². The van der Waals surface area contributed by atoms with Crippen molar-refractivity contribution in [1.29, 1.82) is 0 Å². The van der Waals surface area contributed by atoms with E-state index in [1.54, 1.807) is 0 Å². The second kappa shape index (κ2) is 5.16. The Morgan fingerprint density at radius 3 is 3.06 bits per heavy atom. The first-order chi connectivity index (χ1) is 8.34. The predicted molar refractivity (Wildman–Crippen MR) is 70.3 cm³/mol. The van der Waals surface area contributed by atoms with Gasteiger partial charge in [-0.3, -0.25) is 9.69 Å². The third-order valence-electron chi connectivity index (χ3n) is 4.12. The second-order valence-corrected chi connectivity index (χ2v) is 6.35. The largest absolute Gasteiger partial charge is 0.338 e. The number of carbonyl (C=O) groups is 1. The summed E-state index contributed by atoms with van der Waals surface area (Å²) in [6.45, 7) is 5.19. The molecule has 4 nitrogen and oxygen atoms in total. The van der Waals surface area contributed by atoms with Crippen LogP contribution in [0.4, 0.5) is 0 Å². The Bertz CT molecular complexity index is 293. The number of piperazine rings is 1. The average molecular weight is 255 g/mol. The van der Waals surface area contributed by atoms with Gasteiger partial charge < -0.3 is 10.2 Å². The fourth-order valence-corrected chi connectivity index (χ4v) is 4.06. The van der Waals surface area contributed by atoms with Gasteiger partial charge in [-0.1, -0.05) is 0 Å². The van der Waals surface area contributed by atoms with Crippen LogP contribution in [0.25, 0.3) is 0 Å². The van der Waals surface area contributed by atoms with Crippen LogP contribution >= 0.6 is 11.8 Å². The van der Waals surface area contributed by atoms with Gasteiger partial charge in [0.2, 0.25) is 5.91 Å². The minimum Gasteiger partial charge on any atom is -0.338 e. The molecule has 1 N–H and O–H groups in total. The Morgan fingerprint density at radius 2 is 2.24 bits per heavy atom. The van der Waals surface area contributed by atoms with Gasteiger partial charge in [-0.2, -0.15) is 11.8 Å². The molecule has 5 heteroatoms. The van der Waals surface area contributed by atoms with Crippen molar-refractivity contribution in [2.45, 2.75) is 24.9 Å². The van der Waals surface area contributed by atoms with Gasteiger partial charge in [0.15, 0.2) is 0 Å². The average Bonchev–Trinajstić information content (AvgIpc) is 2.86. The van der Waals surface area contributed by atoms with Crippen molar-refractivity contribution in [3.8, 4) is 0 Å². The highest BCUT2D eigenvalue weighted by Gasteiger charge is 2.34. The maximum Gasteiger partial charge on any atom is 0.240 e. The molecule has 2 unspecified atom stereocenters. The molecule has 1 amide bonds. The number of hydrogen-bond donors (Lipinski definition) is 1. The minimum atomic E-state index is 0.0710. The summed E-state index contributed by atoms with van der Waals surface area (Å²) < 4.78 is 0. The number of rotatable bonds is 1. The van der Waals surface area contributed by atoms with Crippen molar-refractivity contribution in [2.75, 3.05) is 44.2 Å². The Morgan fingerprint density at radius 1 is 1.29 bits per heavy atom. The molecule has 0 bridgehead atoms. The van der Waals surface area contributed by atoms with Gasteiger partial charge in [-0.25, -0.2) is 0 Å². The summed E-state index contributed by atoms with van der Waals surface area (Å²) in [6.07, 6.45) is 2.58. The first-order valence-corrected chi connectivity index (χ1v) is 7.84. The van der Waals surface area contributed by atoms with E-state index in [0.717, 1.165) is 37.7 Å². The van der Waals surface area contributed by atoms with Gasteiger partial charge in [0.25, 0.3) is 0 Å². The summed E-state index contributed by atoms with van der Waals surface area (Å²) in [5.41, 5.74) is 0. The van der Waals surface area contributed by atoms with E-state index in [0.29, 0.717) is 11.9 Å². The lowest BCUT2D eigenvalue weighted by Crippen LogP contribution is -2.57. The highest BCUT2D eigenvalue weighted by molar-refractivity contribution is 7.99. The maximum atomic E-state index is 12.4. The molecule has 2 atom stereocenters. The van der Waals surface area contributed by atoms with E-state index in [-0.39, 0.29) is 6.04 Å². The van der Waals surface area contributed by atoms with Crippen LogP contribution in [0.3, 0.4) is 0 Å². The Kier molecular flexibility index (Phi) is 3.59. The third kappa shape index (κ3) is 2.46. The van der Waals surface area contributed by atoms with Gasteiger partial charge in [0.05, 0.1) is 6.04 Å². The van der Waals surface area contributed by atoms with Crippen LogP contribution in [-0.4, -0.2) is 72.0 Å². The van der Waals surface area contributed by atoms with Crippen LogP contribution in [0.15, 0.2) is 0 Å². The van der Waals surface area contributed by atoms with E-state index >= 15 is 0 Å². The molecule has 3 aliphatic rings. The monoisotopic (exact) mass is 255 g/mol. The molecule has 0 aliphatic carbocycles. The van der Waals surface area contributed by atoms with Crippen molar-refractivity contribution in [3.63, 3.8) is 0 Å². The number of amides is 1. The molecule has 3 fully saturated rings. The summed E-state index contributed by atoms with van der Waals surface area (Å²) in [6, 6.07) is 0.714. The first kappa shape index (κ1) is 11.8. The summed E-state index contributed by atoms with van der Waals surface area (Å²) in [5.74, 6) is 2.42. The lowest BCUT2D eigenvalue weighted by Gasteiger charge is -2.39. The summed E-state index contributed by atoms with van der Waals surface area (Å²) in [7, 11) is 0. The molecule has 3 saturated heterocycles. The van der Waals surface area contributed by atoms with Crippen LogP contribution in [0, 0.1) is 0 Å². The highest BCUT2D eigenvalue weighted by atomic mass is 32.2. The van der Waals surface area contributed by atoms with E-state index in [1.165, 1.54) is 19.4 Å². The fourth-order valence-electron chi connectivity index (χ4n) is 3.14. The third-order valence-corrected chi connectivity index (χ3v) is 5.18. The fraction of sp³-hybridized carbons (Fsp3) is 0.917. The van der Waals surface area contributed by atoms with Crippen LogP contribution in [-0.2, 0) is 4.79 Å². The van der Waals surface area contributed by atoms with E-state index in [4.69, 9.17) is 0 Å². The number of fused-ring (bicyclic) bond motifs is 1. The van der Waals surface area contributed by atoms with E-state index < -0.39 is 0 Å². The SMILES string of the molecule is O=C(C1CSCCN1)N1CCN2CCCC2C1. The molecule has 3 heterocycles. The smallest absolute Gasteiger partial charge is 0.240 e. The van der Waals surface area contributed by atoms with Crippen molar-refractivity contribution in [2.24, 2.45) is 0 Å². The van der Waals surface area contributed by atoms with Gasteiger partial charge in [0, 0.05) is 43.7 Å². The van der Waals surface area contributed by atoms with Crippen molar-refractivity contribution < 1.29 is 4.79 Å². The van der Waals surface area contributed by atoms with Crippen LogP contribution in [0.5, 0.6) is 0 Å². The molecule has 0 aromatic carbocycles. The molecular formula is C12H21N3OS. The Hall–Kier alpha value is -0.260. The summed E-state index contributed by atoms with van der Waals surface area (Å²) in [4.78, 5) is 17.0. The Balaban J connectivity index is 1.58. The summed E-state index contributed by atoms with van der Waals surface area (Å²) in [5, 5.41) is 3.35. The van der Waals surface area contributed by atoms with Crippen molar-refractivity contribution in [1.82, 2.24) is 15.1 Å². The van der Waals surface area contributed by atoms with Gasteiger partial charge in [0.1, 0.15) is 0 Å². The van der Waals surface area contributed by atoms with E-state index in [1.807, 2.05) is 11.8 Å². The van der Waals surface area contributed by atoms with Crippen LogP contribution in [0.1, 0.15) is 12.8 Å². The molecule has 3 rings (SSSR count). The lowest BCUT2D eigenvalue weighted by molar-refractivity contribution is -0.135. The van der Waals surface area contributed by atoms with Gasteiger partial charge in [-0.15, -0.1) is 0 Å². The maximum absolute atomic E-state index is 12.4. The molecule has 96 valence electrons.